The molecule has 0 saturated carbocycles. The number of carbonyl (C=O) groups excluding carboxylic acids is 2. The van der Waals surface area contributed by atoms with Gasteiger partial charge >= 0.3 is 11.9 Å². The molecule has 2 aromatic carbocycles. The van der Waals surface area contributed by atoms with Crippen molar-refractivity contribution in [2.75, 3.05) is 6.61 Å². The summed E-state index contributed by atoms with van der Waals surface area (Å²) in [5.41, 5.74) is 0.637. The average molecular weight is 358 g/mol. The maximum atomic E-state index is 12.1. The fourth-order valence-corrected chi connectivity index (χ4v) is 2.56. The topological polar surface area (TPSA) is 102 Å². The van der Waals surface area contributed by atoms with Crippen molar-refractivity contribution in [1.82, 2.24) is 0 Å². The number of esters is 2. The van der Waals surface area contributed by atoms with E-state index in [1.54, 1.807) is 60.7 Å². The predicted molar refractivity (Wildman–Crippen MR) is 89.3 cm³/mol. The maximum absolute atomic E-state index is 12.1. The molecule has 0 amide bonds. The largest absolute Gasteiger partial charge is 0.459 e. The molecular weight excluding hydrogens is 340 g/mol. The molecule has 0 aliphatic carbocycles. The van der Waals surface area contributed by atoms with Gasteiger partial charge in [-0.3, -0.25) is 0 Å². The van der Waals surface area contributed by atoms with Gasteiger partial charge in [0.15, 0.2) is 12.4 Å². The summed E-state index contributed by atoms with van der Waals surface area (Å²) in [5, 5.41) is 20.2. The molecule has 0 unspecified atom stereocenters. The van der Waals surface area contributed by atoms with Crippen molar-refractivity contribution in [3.8, 4) is 0 Å². The molecule has 1 aliphatic heterocycles. The Morgan fingerprint density at radius 3 is 2.00 bits per heavy atom. The molecule has 2 aromatic rings. The zero-order valence-corrected chi connectivity index (χ0v) is 13.7. The van der Waals surface area contributed by atoms with E-state index in [0.29, 0.717) is 5.56 Å². The second kappa shape index (κ2) is 8.09. The molecule has 3 rings (SSSR count). The van der Waals surface area contributed by atoms with Crippen LogP contribution in [0.3, 0.4) is 0 Å². The van der Waals surface area contributed by atoms with Gasteiger partial charge in [-0.2, -0.15) is 0 Å². The summed E-state index contributed by atoms with van der Waals surface area (Å²) in [7, 11) is 0. The second-order valence-electron chi connectivity index (χ2n) is 5.76. The van der Waals surface area contributed by atoms with Crippen molar-refractivity contribution in [3.63, 3.8) is 0 Å². The first kappa shape index (κ1) is 18.1. The van der Waals surface area contributed by atoms with Gasteiger partial charge in [0, 0.05) is 0 Å². The number of ether oxygens (including phenoxy) is 3. The lowest BCUT2D eigenvalue weighted by atomic mass is 10.1. The van der Waals surface area contributed by atoms with Gasteiger partial charge in [0.25, 0.3) is 0 Å². The minimum Gasteiger partial charge on any atom is -0.459 e. The molecule has 2 N–H and O–H groups in total. The molecule has 7 nitrogen and oxygen atoms in total. The third-order valence-electron chi connectivity index (χ3n) is 3.95. The molecular formula is C19H18O7. The van der Waals surface area contributed by atoms with Crippen molar-refractivity contribution in [3.05, 3.63) is 71.8 Å². The highest BCUT2D eigenvalue weighted by Gasteiger charge is 2.46. The van der Waals surface area contributed by atoms with Crippen molar-refractivity contribution in [1.29, 1.82) is 0 Å². The van der Waals surface area contributed by atoms with Crippen LogP contribution in [0.25, 0.3) is 0 Å². The number of carbonyl (C=O) groups is 2. The first-order valence-electron chi connectivity index (χ1n) is 8.06. The SMILES string of the molecule is O=C(OC[C@H]1O[C@H](O)[C@H](OC(=O)c2ccccc2)[C@H]1O)c1ccccc1. The molecule has 0 bridgehead atoms. The van der Waals surface area contributed by atoms with Crippen molar-refractivity contribution >= 4 is 11.9 Å². The van der Waals surface area contributed by atoms with Gasteiger partial charge in [-0.15, -0.1) is 0 Å². The van der Waals surface area contributed by atoms with Gasteiger partial charge < -0.3 is 24.4 Å². The average Bonchev–Trinajstić information content (AvgIpc) is 2.95. The molecule has 26 heavy (non-hydrogen) atoms. The van der Waals surface area contributed by atoms with E-state index in [1.807, 2.05) is 0 Å². The van der Waals surface area contributed by atoms with E-state index in [0.717, 1.165) is 0 Å². The number of rotatable bonds is 5. The number of aliphatic hydroxyl groups excluding tert-OH is 2. The van der Waals surface area contributed by atoms with E-state index in [1.165, 1.54) is 0 Å². The van der Waals surface area contributed by atoms with E-state index in [-0.39, 0.29) is 12.2 Å². The van der Waals surface area contributed by atoms with Gasteiger partial charge in [0.05, 0.1) is 11.1 Å². The van der Waals surface area contributed by atoms with Crippen LogP contribution in [0, 0.1) is 0 Å². The Labute approximate surface area is 149 Å². The maximum Gasteiger partial charge on any atom is 0.338 e. The van der Waals surface area contributed by atoms with Crippen LogP contribution in [0.15, 0.2) is 60.7 Å². The second-order valence-corrected chi connectivity index (χ2v) is 5.76. The third kappa shape index (κ3) is 4.08. The highest BCUT2D eigenvalue weighted by molar-refractivity contribution is 5.89. The summed E-state index contributed by atoms with van der Waals surface area (Å²) in [4.78, 5) is 24.0. The Balaban J connectivity index is 1.56. The lowest BCUT2D eigenvalue weighted by molar-refractivity contribution is -0.135. The molecule has 1 aliphatic rings. The molecule has 1 heterocycles. The normalized spacial score (nSPS) is 24.8. The van der Waals surface area contributed by atoms with Gasteiger partial charge in [-0.25, -0.2) is 9.59 Å². The summed E-state index contributed by atoms with van der Waals surface area (Å²) < 4.78 is 15.4. The molecule has 4 atom stereocenters. The lowest BCUT2D eigenvalue weighted by Gasteiger charge is -2.18. The molecule has 1 saturated heterocycles. The van der Waals surface area contributed by atoms with Crippen LogP contribution >= 0.6 is 0 Å². The first-order chi connectivity index (χ1) is 12.6. The first-order valence-corrected chi connectivity index (χ1v) is 8.06. The molecule has 1 fully saturated rings. The van der Waals surface area contributed by atoms with Crippen LogP contribution in [0.1, 0.15) is 20.7 Å². The smallest absolute Gasteiger partial charge is 0.338 e. The monoisotopic (exact) mass is 358 g/mol. The van der Waals surface area contributed by atoms with Crippen LogP contribution in [0.2, 0.25) is 0 Å². The van der Waals surface area contributed by atoms with Crippen molar-refractivity contribution in [2.24, 2.45) is 0 Å². The minimum absolute atomic E-state index is 0.283. The van der Waals surface area contributed by atoms with Crippen LogP contribution in [0.5, 0.6) is 0 Å². The highest BCUT2D eigenvalue weighted by atomic mass is 16.7. The Bertz CT molecular complexity index is 747. The molecule has 0 radical (unpaired) electrons. The van der Waals surface area contributed by atoms with Crippen LogP contribution < -0.4 is 0 Å². The molecule has 7 heteroatoms. The predicted octanol–water partition coefficient (Wildman–Crippen LogP) is 1.15. The van der Waals surface area contributed by atoms with Crippen LogP contribution in [-0.2, 0) is 14.2 Å². The van der Waals surface area contributed by atoms with Crippen molar-refractivity contribution < 1.29 is 34.0 Å². The standard InChI is InChI=1S/C19H18O7/c20-15-14(11-24-17(21)12-7-3-1-4-8-12)25-19(23)16(15)26-18(22)13-9-5-2-6-10-13/h1-10,14-16,19-20,23H,11H2/t14-,15+,16-,19+/m1/s1. The third-order valence-corrected chi connectivity index (χ3v) is 3.95. The molecule has 136 valence electrons. The van der Waals surface area contributed by atoms with Gasteiger partial charge in [-0.05, 0) is 24.3 Å². The minimum atomic E-state index is -1.52. The summed E-state index contributed by atoms with van der Waals surface area (Å²) >= 11 is 0. The van der Waals surface area contributed by atoms with E-state index in [4.69, 9.17) is 14.2 Å². The molecule has 0 spiro atoms. The van der Waals surface area contributed by atoms with Crippen molar-refractivity contribution in [2.45, 2.75) is 24.6 Å². The summed E-state index contributed by atoms with van der Waals surface area (Å²) in [6, 6.07) is 16.5. The quantitative estimate of drug-likeness (QED) is 0.773. The van der Waals surface area contributed by atoms with E-state index < -0.39 is 36.5 Å². The Hall–Kier alpha value is -2.74. The number of benzene rings is 2. The van der Waals surface area contributed by atoms with E-state index in [2.05, 4.69) is 0 Å². The zero-order chi connectivity index (χ0) is 18.5. The Kier molecular flexibility index (Phi) is 5.62. The van der Waals surface area contributed by atoms with E-state index >= 15 is 0 Å². The summed E-state index contributed by atoms with van der Waals surface area (Å²) in [6.45, 7) is -0.286. The fraction of sp³-hybridized carbons (Fsp3) is 0.263. The molecule has 0 aromatic heterocycles. The Morgan fingerprint density at radius 2 is 1.42 bits per heavy atom. The zero-order valence-electron chi connectivity index (χ0n) is 13.7. The van der Waals surface area contributed by atoms with Gasteiger partial charge in [0.2, 0.25) is 0 Å². The van der Waals surface area contributed by atoms with Crippen LogP contribution in [0.4, 0.5) is 0 Å². The summed E-state index contributed by atoms with van der Waals surface area (Å²) in [6.07, 6.45) is -5.13. The van der Waals surface area contributed by atoms with Gasteiger partial charge in [-0.1, -0.05) is 36.4 Å². The Morgan fingerprint density at radius 1 is 0.885 bits per heavy atom. The van der Waals surface area contributed by atoms with E-state index in [9.17, 15) is 19.8 Å². The number of hydrogen-bond acceptors (Lipinski definition) is 7. The summed E-state index contributed by atoms with van der Waals surface area (Å²) in [5.74, 6) is -1.28. The lowest BCUT2D eigenvalue weighted by Crippen LogP contribution is -2.38. The fourth-order valence-electron chi connectivity index (χ4n) is 2.56. The highest BCUT2D eigenvalue weighted by Crippen LogP contribution is 2.24. The number of aliphatic hydroxyl groups is 2. The van der Waals surface area contributed by atoms with Gasteiger partial charge in [0.1, 0.15) is 18.8 Å². The number of hydrogen-bond donors (Lipinski definition) is 2. The van der Waals surface area contributed by atoms with Crippen LogP contribution in [-0.4, -0.2) is 53.4 Å².